The summed E-state index contributed by atoms with van der Waals surface area (Å²) in [4.78, 5) is 23.7. The Morgan fingerprint density at radius 1 is 0.976 bits per heavy atom. The van der Waals surface area contributed by atoms with Crippen LogP contribution in [0.25, 0.3) is 56.0 Å². The predicted octanol–water partition coefficient (Wildman–Crippen LogP) is 5.53. The lowest BCUT2D eigenvalue weighted by Crippen LogP contribution is -2.19. The van der Waals surface area contributed by atoms with Crippen LogP contribution in [0.5, 0.6) is 5.75 Å². The summed E-state index contributed by atoms with van der Waals surface area (Å²) in [5.41, 5.74) is 6.50. The summed E-state index contributed by atoms with van der Waals surface area (Å²) in [5, 5.41) is 11.7. The molecular formula is C30H30FN9O. The first-order valence-corrected chi connectivity index (χ1v) is 13.3. The van der Waals surface area contributed by atoms with Gasteiger partial charge in [0.2, 0.25) is 0 Å². The van der Waals surface area contributed by atoms with Crippen molar-refractivity contribution in [3.8, 4) is 39.7 Å². The van der Waals surface area contributed by atoms with Crippen molar-refractivity contribution in [2.24, 2.45) is 0 Å². The van der Waals surface area contributed by atoms with Gasteiger partial charge >= 0.3 is 0 Å². The lowest BCUT2D eigenvalue weighted by Gasteiger charge is -2.12. The fraction of sp³-hybridized carbons (Fsp3) is 0.233. The van der Waals surface area contributed by atoms with E-state index < -0.39 is 5.82 Å². The van der Waals surface area contributed by atoms with Gasteiger partial charge in [-0.05, 0) is 58.3 Å². The van der Waals surface area contributed by atoms with E-state index in [1.807, 2.05) is 43.4 Å². The third kappa shape index (κ3) is 5.57. The Bertz CT molecular complexity index is 1840. The van der Waals surface area contributed by atoms with Crippen LogP contribution in [0.15, 0.2) is 61.2 Å². The summed E-state index contributed by atoms with van der Waals surface area (Å²) in [6.45, 7) is 5.32. The SMILES string of the molecule is CC(C)Nc1cncc(-c2cnc3[nH]nc(-c4nc5c(-c6cc(F)cc(OCCN(C)C)c6)nccc5[nH]4)c3c2)c1. The molecule has 0 spiro atoms. The number of pyridine rings is 3. The normalized spacial score (nSPS) is 11.7. The summed E-state index contributed by atoms with van der Waals surface area (Å²) >= 11 is 0. The molecule has 0 atom stereocenters. The van der Waals surface area contributed by atoms with Crippen LogP contribution >= 0.6 is 0 Å². The summed E-state index contributed by atoms with van der Waals surface area (Å²) in [6.07, 6.45) is 7.08. The number of anilines is 1. The van der Waals surface area contributed by atoms with E-state index >= 15 is 0 Å². The number of hydrogen-bond acceptors (Lipinski definition) is 8. The van der Waals surface area contributed by atoms with Crippen LogP contribution in [0.1, 0.15) is 13.8 Å². The highest BCUT2D eigenvalue weighted by atomic mass is 19.1. The monoisotopic (exact) mass is 551 g/mol. The van der Waals surface area contributed by atoms with Gasteiger partial charge in [0.1, 0.15) is 29.4 Å². The highest BCUT2D eigenvalue weighted by Crippen LogP contribution is 2.33. The number of imidazole rings is 1. The maximum absolute atomic E-state index is 14.6. The Hall–Kier alpha value is -4.90. The Balaban J connectivity index is 1.37. The van der Waals surface area contributed by atoms with Crippen molar-refractivity contribution < 1.29 is 9.13 Å². The quantitative estimate of drug-likeness (QED) is 0.215. The van der Waals surface area contributed by atoms with Crippen LogP contribution in [-0.2, 0) is 0 Å². The second-order valence-electron chi connectivity index (χ2n) is 10.4. The number of likely N-dealkylation sites (N-methyl/N-ethyl adjacent to an activating group) is 1. The number of fused-ring (bicyclic) bond motifs is 2. The second kappa shape index (κ2) is 10.9. The number of ether oxygens (including phenoxy) is 1. The predicted molar refractivity (Wildman–Crippen MR) is 158 cm³/mol. The molecule has 0 fully saturated rings. The molecule has 0 amide bonds. The van der Waals surface area contributed by atoms with Crippen LogP contribution in [0.3, 0.4) is 0 Å². The first-order chi connectivity index (χ1) is 19.8. The first kappa shape index (κ1) is 26.3. The van der Waals surface area contributed by atoms with Gasteiger partial charge in [-0.25, -0.2) is 14.4 Å². The van der Waals surface area contributed by atoms with Gasteiger partial charge in [-0.15, -0.1) is 0 Å². The third-order valence-corrected chi connectivity index (χ3v) is 6.52. The maximum Gasteiger partial charge on any atom is 0.159 e. The number of nitrogens with zero attached hydrogens (tertiary/aromatic N) is 6. The fourth-order valence-electron chi connectivity index (χ4n) is 4.64. The van der Waals surface area contributed by atoms with Gasteiger partial charge in [-0.2, -0.15) is 5.10 Å². The molecule has 0 aliphatic rings. The number of aromatic amines is 2. The Morgan fingerprint density at radius 2 is 1.83 bits per heavy atom. The van der Waals surface area contributed by atoms with E-state index in [0.29, 0.717) is 52.8 Å². The van der Waals surface area contributed by atoms with Gasteiger partial charge < -0.3 is 19.9 Å². The van der Waals surface area contributed by atoms with Gasteiger partial charge in [-0.1, -0.05) is 0 Å². The number of benzene rings is 1. The van der Waals surface area contributed by atoms with E-state index in [4.69, 9.17) is 9.72 Å². The van der Waals surface area contributed by atoms with Crippen LogP contribution in [-0.4, -0.2) is 73.3 Å². The minimum Gasteiger partial charge on any atom is -0.492 e. The zero-order valence-electron chi connectivity index (χ0n) is 23.2. The fourth-order valence-corrected chi connectivity index (χ4v) is 4.64. The summed E-state index contributed by atoms with van der Waals surface area (Å²) in [7, 11) is 3.92. The van der Waals surface area contributed by atoms with Gasteiger partial charge in [0.05, 0.1) is 22.3 Å². The van der Waals surface area contributed by atoms with Gasteiger partial charge in [0, 0.05) is 60.1 Å². The molecule has 41 heavy (non-hydrogen) atoms. The van der Waals surface area contributed by atoms with Crippen molar-refractivity contribution in [3.63, 3.8) is 0 Å². The largest absolute Gasteiger partial charge is 0.492 e. The van der Waals surface area contributed by atoms with E-state index in [9.17, 15) is 4.39 Å². The molecule has 208 valence electrons. The second-order valence-corrected chi connectivity index (χ2v) is 10.4. The van der Waals surface area contributed by atoms with Crippen LogP contribution in [0.2, 0.25) is 0 Å². The molecule has 3 N–H and O–H groups in total. The number of hydrogen-bond donors (Lipinski definition) is 3. The molecule has 0 aliphatic heterocycles. The molecule has 5 aromatic heterocycles. The molecule has 5 heterocycles. The van der Waals surface area contributed by atoms with Crippen molar-refractivity contribution in [1.82, 2.24) is 40.0 Å². The van der Waals surface area contributed by atoms with Crippen molar-refractivity contribution in [2.75, 3.05) is 32.6 Å². The number of H-pyrrole nitrogens is 2. The van der Waals surface area contributed by atoms with Crippen molar-refractivity contribution in [3.05, 3.63) is 67.0 Å². The van der Waals surface area contributed by atoms with Crippen molar-refractivity contribution in [1.29, 1.82) is 0 Å². The molecule has 1 aromatic carbocycles. The van der Waals surface area contributed by atoms with Gasteiger partial charge in [0.25, 0.3) is 0 Å². The number of nitrogens with one attached hydrogen (secondary N) is 3. The molecule has 0 saturated carbocycles. The molecule has 0 radical (unpaired) electrons. The molecule has 0 aliphatic carbocycles. The number of aromatic nitrogens is 7. The minimum atomic E-state index is -0.407. The van der Waals surface area contributed by atoms with E-state index in [2.05, 4.69) is 49.3 Å². The molecule has 10 nitrogen and oxygen atoms in total. The molecule has 0 unspecified atom stereocenters. The molecule has 11 heteroatoms. The minimum absolute atomic E-state index is 0.287. The Morgan fingerprint density at radius 3 is 2.66 bits per heavy atom. The standard InChI is InChI=1S/C30H30FN9O/c1-17(2)35-22-10-19(14-32-16-22)20-12-24-27(38-39-29(24)34-15-20)30-36-25-5-6-33-26(28(25)37-30)18-9-21(31)13-23(11-18)41-8-7-40(3)4/h5-6,9-17,35H,7-8H2,1-4H3,(H,36,37)(H,34,38,39). The topological polar surface area (TPSA) is 121 Å². The molecule has 6 aromatic rings. The lowest BCUT2D eigenvalue weighted by atomic mass is 10.1. The van der Waals surface area contributed by atoms with Gasteiger partial charge in [-0.3, -0.25) is 15.1 Å². The molecule has 0 saturated heterocycles. The number of halogens is 1. The smallest absolute Gasteiger partial charge is 0.159 e. The van der Waals surface area contributed by atoms with Crippen LogP contribution in [0, 0.1) is 5.82 Å². The zero-order chi connectivity index (χ0) is 28.5. The average Bonchev–Trinajstić information content (AvgIpc) is 3.56. The van der Waals surface area contributed by atoms with Crippen LogP contribution in [0.4, 0.5) is 10.1 Å². The van der Waals surface area contributed by atoms with Gasteiger partial charge in [0.15, 0.2) is 11.5 Å². The lowest BCUT2D eigenvalue weighted by molar-refractivity contribution is 0.260. The zero-order valence-corrected chi connectivity index (χ0v) is 23.2. The maximum atomic E-state index is 14.6. The summed E-state index contributed by atoms with van der Waals surface area (Å²) in [5.74, 6) is 0.582. The summed E-state index contributed by atoms with van der Waals surface area (Å²) < 4.78 is 20.4. The molecule has 6 rings (SSSR count). The Labute approximate surface area is 236 Å². The first-order valence-electron chi connectivity index (χ1n) is 13.3. The highest BCUT2D eigenvalue weighted by Gasteiger charge is 2.18. The molecular weight excluding hydrogens is 521 g/mol. The summed E-state index contributed by atoms with van der Waals surface area (Å²) in [6, 6.07) is 10.8. The van der Waals surface area contributed by atoms with Crippen molar-refractivity contribution in [2.45, 2.75) is 19.9 Å². The molecule has 0 bridgehead atoms. The third-order valence-electron chi connectivity index (χ3n) is 6.52. The van der Waals surface area contributed by atoms with E-state index in [1.165, 1.54) is 12.1 Å². The van der Waals surface area contributed by atoms with Crippen molar-refractivity contribution >= 4 is 27.8 Å². The number of rotatable bonds is 9. The van der Waals surface area contributed by atoms with E-state index in [0.717, 1.165) is 27.7 Å². The highest BCUT2D eigenvalue weighted by molar-refractivity contribution is 5.96. The van der Waals surface area contributed by atoms with E-state index in [-0.39, 0.29) is 6.04 Å². The van der Waals surface area contributed by atoms with Crippen LogP contribution < -0.4 is 10.1 Å². The van der Waals surface area contributed by atoms with E-state index in [1.54, 1.807) is 24.7 Å². The Kier molecular flexibility index (Phi) is 7.02. The average molecular weight is 552 g/mol.